The Labute approximate surface area is 117 Å². The Bertz CT molecular complexity index is 333. The Hall–Kier alpha value is -0.610. The van der Waals surface area contributed by atoms with Crippen LogP contribution in [0.2, 0.25) is 0 Å². The van der Waals surface area contributed by atoms with Gasteiger partial charge < -0.3 is 9.64 Å². The summed E-state index contributed by atoms with van der Waals surface area (Å²) in [5.74, 6) is -0.0444. The molecule has 4 heteroatoms. The minimum atomic E-state index is -0.0444. The molecular weight excluding hydrogens is 240 g/mol. The van der Waals surface area contributed by atoms with E-state index in [0.717, 1.165) is 26.2 Å². The predicted octanol–water partition coefficient (Wildman–Crippen LogP) is 1.75. The molecule has 1 heterocycles. The van der Waals surface area contributed by atoms with Crippen LogP contribution in [-0.2, 0) is 9.53 Å². The van der Waals surface area contributed by atoms with Crippen molar-refractivity contribution in [2.24, 2.45) is 5.41 Å². The summed E-state index contributed by atoms with van der Waals surface area (Å²) in [6.07, 6.45) is 2.99. The van der Waals surface area contributed by atoms with Gasteiger partial charge in [-0.15, -0.1) is 0 Å². The number of carbonyl (C=O) groups is 1. The smallest absolute Gasteiger partial charge is 0.307 e. The summed E-state index contributed by atoms with van der Waals surface area (Å²) in [5.41, 5.74) is 0.246. The van der Waals surface area contributed by atoms with Gasteiger partial charge in [0, 0.05) is 31.7 Å². The van der Waals surface area contributed by atoms with Crippen molar-refractivity contribution in [3.63, 3.8) is 0 Å². The molecule has 0 aromatic carbocycles. The predicted molar refractivity (Wildman–Crippen MR) is 76.1 cm³/mol. The largest absolute Gasteiger partial charge is 0.466 e. The second-order valence-electron chi connectivity index (χ2n) is 6.61. The van der Waals surface area contributed by atoms with E-state index in [1.54, 1.807) is 0 Å². The molecule has 0 amide bonds. The zero-order valence-electron chi connectivity index (χ0n) is 12.9. The maximum absolute atomic E-state index is 12.0. The molecule has 110 valence electrons. The number of hydrogen-bond acceptors (Lipinski definition) is 4. The van der Waals surface area contributed by atoms with Gasteiger partial charge in [-0.25, -0.2) is 0 Å². The van der Waals surface area contributed by atoms with Gasteiger partial charge in [0.25, 0.3) is 0 Å². The molecule has 1 aliphatic heterocycles. The topological polar surface area (TPSA) is 32.8 Å². The quantitative estimate of drug-likeness (QED) is 0.711. The lowest BCUT2D eigenvalue weighted by molar-refractivity contribution is -0.148. The molecule has 2 aliphatic rings. The van der Waals surface area contributed by atoms with Crippen LogP contribution in [0.1, 0.15) is 40.0 Å². The number of likely N-dealkylation sites (N-methyl/N-ethyl adjacent to an activating group) is 1. The van der Waals surface area contributed by atoms with Crippen LogP contribution < -0.4 is 0 Å². The SMILES string of the molecule is CCOC(=O)CC(C)(N1CCN(C)CC1)C1(C)CC1. The third-order valence-electron chi connectivity index (χ3n) is 5.30. The molecule has 19 heavy (non-hydrogen) atoms. The summed E-state index contributed by atoms with van der Waals surface area (Å²) in [6.45, 7) is 11.2. The van der Waals surface area contributed by atoms with Crippen molar-refractivity contribution >= 4 is 5.97 Å². The van der Waals surface area contributed by atoms with Gasteiger partial charge in [-0.05, 0) is 39.2 Å². The van der Waals surface area contributed by atoms with Crippen LogP contribution in [0.25, 0.3) is 0 Å². The summed E-state index contributed by atoms with van der Waals surface area (Å²) < 4.78 is 5.20. The lowest BCUT2D eigenvalue weighted by atomic mass is 9.79. The average Bonchev–Trinajstić information content (AvgIpc) is 3.10. The molecule has 0 bridgehead atoms. The molecule has 0 aromatic rings. The second kappa shape index (κ2) is 5.41. The number of rotatable bonds is 5. The average molecular weight is 268 g/mol. The molecule has 1 saturated carbocycles. The van der Waals surface area contributed by atoms with Gasteiger partial charge in [0.1, 0.15) is 0 Å². The third kappa shape index (κ3) is 2.95. The van der Waals surface area contributed by atoms with Gasteiger partial charge in [0.15, 0.2) is 0 Å². The molecule has 1 unspecified atom stereocenters. The highest BCUT2D eigenvalue weighted by Gasteiger charge is 2.56. The molecule has 1 atom stereocenters. The highest BCUT2D eigenvalue weighted by atomic mass is 16.5. The molecular formula is C15H28N2O2. The first-order valence-corrected chi connectivity index (χ1v) is 7.50. The van der Waals surface area contributed by atoms with Crippen LogP contribution in [0.4, 0.5) is 0 Å². The highest BCUT2D eigenvalue weighted by Crippen LogP contribution is 2.57. The fourth-order valence-electron chi connectivity index (χ4n) is 3.23. The Kier molecular flexibility index (Phi) is 4.21. The van der Waals surface area contributed by atoms with Gasteiger partial charge in [0.05, 0.1) is 13.0 Å². The number of ether oxygens (including phenoxy) is 1. The maximum Gasteiger partial charge on any atom is 0.307 e. The van der Waals surface area contributed by atoms with Gasteiger partial charge in [-0.1, -0.05) is 6.92 Å². The van der Waals surface area contributed by atoms with Crippen molar-refractivity contribution in [1.82, 2.24) is 9.80 Å². The zero-order valence-corrected chi connectivity index (χ0v) is 12.9. The van der Waals surface area contributed by atoms with Gasteiger partial charge in [0.2, 0.25) is 0 Å². The number of hydrogen-bond donors (Lipinski definition) is 0. The monoisotopic (exact) mass is 268 g/mol. The molecule has 2 rings (SSSR count). The molecule has 1 aliphatic carbocycles. The summed E-state index contributed by atoms with van der Waals surface area (Å²) in [7, 11) is 2.17. The number of esters is 1. The number of piperazine rings is 1. The molecule has 4 nitrogen and oxygen atoms in total. The lowest BCUT2D eigenvalue weighted by Gasteiger charge is -2.48. The van der Waals surface area contributed by atoms with Crippen molar-refractivity contribution < 1.29 is 9.53 Å². The van der Waals surface area contributed by atoms with Crippen LogP contribution in [-0.4, -0.2) is 61.1 Å². The third-order valence-corrected chi connectivity index (χ3v) is 5.30. The molecule has 0 aromatic heterocycles. The van der Waals surface area contributed by atoms with E-state index >= 15 is 0 Å². The van der Waals surface area contributed by atoms with Crippen molar-refractivity contribution in [2.45, 2.75) is 45.6 Å². The summed E-state index contributed by atoms with van der Waals surface area (Å²) in [5, 5.41) is 0. The minimum absolute atomic E-state index is 0.0412. The van der Waals surface area contributed by atoms with Crippen molar-refractivity contribution in [1.29, 1.82) is 0 Å². The first kappa shape index (κ1) is 14.8. The summed E-state index contributed by atoms with van der Waals surface area (Å²) in [4.78, 5) is 16.9. The Morgan fingerprint density at radius 2 is 1.84 bits per heavy atom. The van der Waals surface area contributed by atoms with E-state index in [4.69, 9.17) is 4.74 Å². The van der Waals surface area contributed by atoms with Gasteiger partial charge >= 0.3 is 5.97 Å². The normalized spacial score (nSPS) is 26.7. The van der Waals surface area contributed by atoms with E-state index in [-0.39, 0.29) is 16.9 Å². The van der Waals surface area contributed by atoms with E-state index in [9.17, 15) is 4.79 Å². The Balaban J connectivity index is 2.09. The van der Waals surface area contributed by atoms with Crippen LogP contribution in [0.5, 0.6) is 0 Å². The van der Waals surface area contributed by atoms with Gasteiger partial charge in [-0.3, -0.25) is 9.69 Å². The van der Waals surface area contributed by atoms with Crippen molar-refractivity contribution in [2.75, 3.05) is 39.8 Å². The minimum Gasteiger partial charge on any atom is -0.466 e. The van der Waals surface area contributed by atoms with Crippen LogP contribution in [0.15, 0.2) is 0 Å². The Morgan fingerprint density at radius 3 is 2.32 bits per heavy atom. The first-order chi connectivity index (χ1) is 8.91. The molecule has 1 saturated heterocycles. The fraction of sp³-hybridized carbons (Fsp3) is 0.933. The van der Waals surface area contributed by atoms with Crippen LogP contribution in [0, 0.1) is 5.41 Å². The van der Waals surface area contributed by atoms with E-state index in [0.29, 0.717) is 13.0 Å². The molecule has 0 spiro atoms. The summed E-state index contributed by atoms with van der Waals surface area (Å²) in [6, 6.07) is 0. The van der Waals surface area contributed by atoms with E-state index in [1.165, 1.54) is 12.8 Å². The fourth-order valence-corrected chi connectivity index (χ4v) is 3.23. The molecule has 2 fully saturated rings. The molecule has 0 N–H and O–H groups in total. The van der Waals surface area contributed by atoms with Gasteiger partial charge in [-0.2, -0.15) is 0 Å². The Morgan fingerprint density at radius 1 is 1.26 bits per heavy atom. The van der Waals surface area contributed by atoms with E-state index < -0.39 is 0 Å². The second-order valence-corrected chi connectivity index (χ2v) is 6.61. The van der Waals surface area contributed by atoms with E-state index in [1.807, 2.05) is 6.92 Å². The van der Waals surface area contributed by atoms with E-state index in [2.05, 4.69) is 30.7 Å². The standard InChI is InChI=1S/C15H28N2O2/c1-5-19-13(18)12-15(3,14(2)6-7-14)17-10-8-16(4)9-11-17/h5-12H2,1-4H3. The number of nitrogens with zero attached hydrogens (tertiary/aromatic N) is 2. The molecule has 0 radical (unpaired) electrons. The number of carbonyl (C=O) groups excluding carboxylic acids is 1. The maximum atomic E-state index is 12.0. The van der Waals surface area contributed by atoms with Crippen molar-refractivity contribution in [3.05, 3.63) is 0 Å². The lowest BCUT2D eigenvalue weighted by Crippen LogP contribution is -2.59. The van der Waals surface area contributed by atoms with Crippen LogP contribution in [0.3, 0.4) is 0 Å². The zero-order chi connectivity index (χ0) is 14.1. The van der Waals surface area contributed by atoms with Crippen molar-refractivity contribution in [3.8, 4) is 0 Å². The van der Waals surface area contributed by atoms with Crippen LogP contribution >= 0.6 is 0 Å². The first-order valence-electron chi connectivity index (χ1n) is 7.50. The highest BCUT2D eigenvalue weighted by molar-refractivity contribution is 5.71. The summed E-state index contributed by atoms with van der Waals surface area (Å²) >= 11 is 0.